The van der Waals surface area contributed by atoms with E-state index < -0.39 is 0 Å². The Kier molecular flexibility index (Phi) is 6.84. The summed E-state index contributed by atoms with van der Waals surface area (Å²) in [6.07, 6.45) is 0.943. The Morgan fingerprint density at radius 1 is 0.909 bits per heavy atom. The quantitative estimate of drug-likeness (QED) is 0.597. The molecule has 1 N–H and O–H groups in total. The van der Waals surface area contributed by atoms with Crippen LogP contribution >= 0.6 is 0 Å². The van der Waals surface area contributed by atoms with Gasteiger partial charge >= 0.3 is 0 Å². The number of hydrogen-bond donors (Lipinski definition) is 1. The Morgan fingerprint density at radius 3 is 2.33 bits per heavy atom. The SMILES string of the molecule is CCCn1c(C(=O)N2CCN(CC)CC2)cc2cc(NC(=O)c3ccc(C)c(C)c3)ccc21. The van der Waals surface area contributed by atoms with Crippen LogP contribution in [0.25, 0.3) is 10.9 Å². The minimum atomic E-state index is -0.129. The van der Waals surface area contributed by atoms with Crippen molar-refractivity contribution < 1.29 is 9.59 Å². The topological polar surface area (TPSA) is 57.6 Å². The number of rotatable bonds is 6. The van der Waals surface area contributed by atoms with Gasteiger partial charge in [-0.15, -0.1) is 0 Å². The highest BCUT2D eigenvalue weighted by atomic mass is 16.2. The summed E-state index contributed by atoms with van der Waals surface area (Å²) in [6, 6.07) is 13.6. The predicted octanol–water partition coefficient (Wildman–Crippen LogP) is 4.70. The van der Waals surface area contributed by atoms with Crippen LogP contribution in [0.3, 0.4) is 0 Å². The van der Waals surface area contributed by atoms with Crippen LogP contribution in [-0.4, -0.2) is 58.9 Å². The lowest BCUT2D eigenvalue weighted by molar-refractivity contribution is 0.0633. The number of hydrogen-bond acceptors (Lipinski definition) is 3. The number of aryl methyl sites for hydroxylation is 3. The second-order valence-corrected chi connectivity index (χ2v) is 8.93. The normalized spacial score (nSPS) is 14.6. The molecule has 0 saturated carbocycles. The Morgan fingerprint density at radius 2 is 1.67 bits per heavy atom. The summed E-state index contributed by atoms with van der Waals surface area (Å²) in [4.78, 5) is 30.5. The molecule has 0 aliphatic carbocycles. The smallest absolute Gasteiger partial charge is 0.270 e. The summed E-state index contributed by atoms with van der Waals surface area (Å²) in [6.45, 7) is 13.5. The van der Waals surface area contributed by atoms with Crippen molar-refractivity contribution in [2.75, 3.05) is 38.0 Å². The maximum Gasteiger partial charge on any atom is 0.270 e. The number of nitrogens with zero attached hydrogens (tertiary/aromatic N) is 3. The van der Waals surface area contributed by atoms with Crippen LogP contribution in [0, 0.1) is 13.8 Å². The van der Waals surface area contributed by atoms with E-state index in [1.54, 1.807) is 0 Å². The summed E-state index contributed by atoms with van der Waals surface area (Å²) in [5, 5.41) is 3.98. The monoisotopic (exact) mass is 446 g/mol. The van der Waals surface area contributed by atoms with Gasteiger partial charge in [0.25, 0.3) is 11.8 Å². The molecular weight excluding hydrogens is 412 g/mol. The van der Waals surface area contributed by atoms with Crippen molar-refractivity contribution in [3.8, 4) is 0 Å². The molecule has 6 heteroatoms. The zero-order valence-corrected chi connectivity index (χ0v) is 20.1. The summed E-state index contributed by atoms with van der Waals surface area (Å²) in [7, 11) is 0. The number of fused-ring (bicyclic) bond motifs is 1. The third kappa shape index (κ3) is 4.81. The standard InChI is InChI=1S/C27H34N4O2/c1-5-11-31-24-10-9-23(28-26(32)21-8-7-19(3)20(4)16-21)17-22(24)18-25(31)27(33)30-14-12-29(6-2)13-15-30/h7-10,16-18H,5-6,11-15H2,1-4H3,(H,28,32). The van der Waals surface area contributed by atoms with E-state index in [9.17, 15) is 9.59 Å². The number of aromatic nitrogens is 1. The molecule has 2 heterocycles. The molecule has 1 aliphatic rings. The van der Waals surface area contributed by atoms with Gasteiger partial charge in [-0.25, -0.2) is 0 Å². The van der Waals surface area contributed by atoms with E-state index in [0.717, 1.165) is 73.5 Å². The van der Waals surface area contributed by atoms with Gasteiger partial charge in [0.2, 0.25) is 0 Å². The molecule has 4 rings (SSSR count). The maximum absolute atomic E-state index is 13.4. The average molecular weight is 447 g/mol. The van der Waals surface area contributed by atoms with Crippen LogP contribution in [0.15, 0.2) is 42.5 Å². The molecule has 3 aromatic rings. The zero-order valence-electron chi connectivity index (χ0n) is 20.1. The van der Waals surface area contributed by atoms with Crippen molar-refractivity contribution in [2.45, 2.75) is 40.7 Å². The maximum atomic E-state index is 13.4. The van der Waals surface area contributed by atoms with Gasteiger partial charge in [-0.3, -0.25) is 9.59 Å². The number of carbonyl (C=O) groups is 2. The Hall–Kier alpha value is -3.12. The first-order valence-electron chi connectivity index (χ1n) is 11.9. The summed E-state index contributed by atoms with van der Waals surface area (Å²) >= 11 is 0. The van der Waals surface area contributed by atoms with Gasteiger partial charge in [-0.2, -0.15) is 0 Å². The molecule has 0 atom stereocenters. The highest BCUT2D eigenvalue weighted by molar-refractivity contribution is 6.06. The first kappa shape index (κ1) is 23.1. The summed E-state index contributed by atoms with van der Waals surface area (Å²) < 4.78 is 2.12. The number of likely N-dealkylation sites (N-methyl/N-ethyl adjacent to an activating group) is 1. The molecule has 2 aromatic carbocycles. The zero-order chi connectivity index (χ0) is 23.5. The second-order valence-electron chi connectivity index (χ2n) is 8.93. The molecule has 0 spiro atoms. The van der Waals surface area contributed by atoms with E-state index in [0.29, 0.717) is 5.56 Å². The van der Waals surface area contributed by atoms with Crippen LogP contribution in [0.5, 0.6) is 0 Å². The van der Waals surface area contributed by atoms with E-state index >= 15 is 0 Å². The number of nitrogens with one attached hydrogen (secondary N) is 1. The summed E-state index contributed by atoms with van der Waals surface area (Å²) in [5.74, 6) is -0.0355. The Bertz CT molecular complexity index is 1170. The molecule has 2 amide bonds. The number of amides is 2. The lowest BCUT2D eigenvalue weighted by atomic mass is 10.1. The van der Waals surface area contributed by atoms with Gasteiger partial charge in [0.15, 0.2) is 0 Å². The van der Waals surface area contributed by atoms with Gasteiger partial charge in [-0.1, -0.05) is 19.9 Å². The van der Waals surface area contributed by atoms with Crippen LogP contribution < -0.4 is 5.32 Å². The van der Waals surface area contributed by atoms with E-state index in [2.05, 4.69) is 28.6 Å². The number of carbonyl (C=O) groups excluding carboxylic acids is 2. The minimum absolute atomic E-state index is 0.0936. The third-order valence-corrected chi connectivity index (χ3v) is 6.70. The van der Waals surface area contributed by atoms with Crippen molar-refractivity contribution in [3.05, 3.63) is 64.8 Å². The van der Waals surface area contributed by atoms with Crippen molar-refractivity contribution in [2.24, 2.45) is 0 Å². The molecule has 1 saturated heterocycles. The van der Waals surface area contributed by atoms with Crippen molar-refractivity contribution in [1.82, 2.24) is 14.4 Å². The minimum Gasteiger partial charge on any atom is -0.337 e. The van der Waals surface area contributed by atoms with Crippen molar-refractivity contribution in [1.29, 1.82) is 0 Å². The first-order valence-corrected chi connectivity index (χ1v) is 11.9. The van der Waals surface area contributed by atoms with Gasteiger partial charge in [0.1, 0.15) is 5.69 Å². The number of piperazine rings is 1. The molecule has 174 valence electrons. The number of anilines is 1. The van der Waals surface area contributed by atoms with Crippen LogP contribution in [0.1, 0.15) is 52.2 Å². The van der Waals surface area contributed by atoms with E-state index in [1.165, 1.54) is 5.56 Å². The highest BCUT2D eigenvalue weighted by Gasteiger charge is 2.25. The number of benzene rings is 2. The van der Waals surface area contributed by atoms with E-state index in [4.69, 9.17) is 0 Å². The largest absolute Gasteiger partial charge is 0.337 e. The fraction of sp³-hybridized carbons (Fsp3) is 0.407. The van der Waals surface area contributed by atoms with Gasteiger partial charge < -0.3 is 19.7 Å². The summed E-state index contributed by atoms with van der Waals surface area (Å²) in [5.41, 5.74) is 5.39. The first-order chi connectivity index (χ1) is 15.9. The molecule has 33 heavy (non-hydrogen) atoms. The van der Waals surface area contributed by atoms with E-state index in [1.807, 2.05) is 61.2 Å². The second kappa shape index (κ2) is 9.79. The molecule has 1 aromatic heterocycles. The van der Waals surface area contributed by atoms with Crippen LogP contribution in [0.2, 0.25) is 0 Å². The van der Waals surface area contributed by atoms with Crippen molar-refractivity contribution >= 4 is 28.4 Å². The molecule has 1 aliphatic heterocycles. The fourth-order valence-corrected chi connectivity index (χ4v) is 4.51. The Balaban J connectivity index is 1.59. The molecule has 1 fully saturated rings. The molecule has 0 unspecified atom stereocenters. The third-order valence-electron chi connectivity index (χ3n) is 6.70. The molecule has 6 nitrogen and oxygen atoms in total. The predicted molar refractivity (Wildman–Crippen MR) is 134 cm³/mol. The molecule has 0 bridgehead atoms. The lowest BCUT2D eigenvalue weighted by Crippen LogP contribution is -2.48. The molecular formula is C27H34N4O2. The lowest BCUT2D eigenvalue weighted by Gasteiger charge is -2.34. The van der Waals surface area contributed by atoms with Gasteiger partial charge in [-0.05, 0) is 74.3 Å². The van der Waals surface area contributed by atoms with Crippen LogP contribution in [0.4, 0.5) is 5.69 Å². The highest BCUT2D eigenvalue weighted by Crippen LogP contribution is 2.26. The average Bonchev–Trinajstić information content (AvgIpc) is 3.18. The van der Waals surface area contributed by atoms with E-state index in [-0.39, 0.29) is 11.8 Å². The molecule has 0 radical (unpaired) electrons. The van der Waals surface area contributed by atoms with Crippen molar-refractivity contribution in [3.63, 3.8) is 0 Å². The Labute approximate surface area is 196 Å². The van der Waals surface area contributed by atoms with Gasteiger partial charge in [0.05, 0.1) is 0 Å². The van der Waals surface area contributed by atoms with Crippen LogP contribution in [-0.2, 0) is 6.54 Å². The fourth-order valence-electron chi connectivity index (χ4n) is 4.51. The van der Waals surface area contributed by atoms with Gasteiger partial charge in [0, 0.05) is 54.9 Å².